The number of anilines is 2. The minimum absolute atomic E-state index is 0.595. The molecule has 1 aliphatic carbocycles. The van der Waals surface area contributed by atoms with Crippen molar-refractivity contribution in [1.82, 2.24) is 10.2 Å². The van der Waals surface area contributed by atoms with E-state index in [4.69, 9.17) is 14.2 Å². The molecule has 1 aromatic heterocycles. The highest BCUT2D eigenvalue weighted by atomic mass is 16.5. The molecule has 6 nitrogen and oxygen atoms in total. The summed E-state index contributed by atoms with van der Waals surface area (Å²) >= 11 is 0. The number of aromatic nitrogens is 2. The first-order valence-electron chi connectivity index (χ1n) is 9.73. The Hall–Kier alpha value is -3.15. The van der Waals surface area contributed by atoms with Crippen molar-refractivity contribution >= 4 is 11.5 Å². The first-order chi connectivity index (χ1) is 13.7. The Morgan fingerprint density at radius 1 is 0.964 bits per heavy atom. The molecule has 1 heterocycles. The third kappa shape index (κ3) is 3.38. The quantitative estimate of drug-likeness (QED) is 0.455. The maximum Gasteiger partial charge on any atom is 0.161 e. The molecule has 0 atom stereocenters. The fourth-order valence-corrected chi connectivity index (χ4v) is 3.54. The Bertz CT molecular complexity index is 981. The molecule has 0 amide bonds. The highest BCUT2D eigenvalue weighted by molar-refractivity contribution is 5.81. The molecular formula is C22H25N3O3. The number of aromatic amines is 1. The van der Waals surface area contributed by atoms with Gasteiger partial charge in [0.2, 0.25) is 0 Å². The van der Waals surface area contributed by atoms with Gasteiger partial charge in [-0.3, -0.25) is 5.10 Å². The minimum atomic E-state index is 0.595. The summed E-state index contributed by atoms with van der Waals surface area (Å²) in [7, 11) is 0. The predicted molar refractivity (Wildman–Crippen MR) is 110 cm³/mol. The maximum atomic E-state index is 5.78. The van der Waals surface area contributed by atoms with E-state index in [2.05, 4.69) is 21.6 Å². The van der Waals surface area contributed by atoms with E-state index in [0.29, 0.717) is 19.8 Å². The van der Waals surface area contributed by atoms with Crippen LogP contribution in [0, 0.1) is 0 Å². The standard InChI is InChI=1S/C22H25N3O3/c1-4-26-16-9-7-8-15(12-16)23-22-18-10-14-11-19(27-5-2)20(28-6-3)13-17(14)21(18)24-25-22/h7-9,11-13H,4-6,10H2,1-3H3,(H2,23,24,25). The molecule has 2 N–H and O–H groups in total. The van der Waals surface area contributed by atoms with E-state index >= 15 is 0 Å². The first kappa shape index (κ1) is 18.2. The molecule has 3 aromatic rings. The third-order valence-corrected chi connectivity index (χ3v) is 4.68. The molecule has 0 unspecified atom stereocenters. The van der Waals surface area contributed by atoms with Gasteiger partial charge in [0.05, 0.1) is 25.5 Å². The predicted octanol–water partition coefficient (Wildman–Crippen LogP) is 4.92. The van der Waals surface area contributed by atoms with Gasteiger partial charge in [0.15, 0.2) is 17.3 Å². The zero-order chi connectivity index (χ0) is 19.5. The third-order valence-electron chi connectivity index (χ3n) is 4.68. The van der Waals surface area contributed by atoms with Crippen molar-refractivity contribution < 1.29 is 14.2 Å². The first-order valence-corrected chi connectivity index (χ1v) is 9.73. The van der Waals surface area contributed by atoms with E-state index in [1.165, 1.54) is 5.56 Å². The van der Waals surface area contributed by atoms with Crippen LogP contribution in [0.1, 0.15) is 31.9 Å². The van der Waals surface area contributed by atoms with Gasteiger partial charge in [-0.15, -0.1) is 0 Å². The van der Waals surface area contributed by atoms with Crippen LogP contribution in [-0.4, -0.2) is 30.0 Å². The summed E-state index contributed by atoms with van der Waals surface area (Å²) in [5, 5.41) is 11.1. The van der Waals surface area contributed by atoms with Crippen molar-refractivity contribution in [3.63, 3.8) is 0 Å². The molecule has 0 spiro atoms. The summed E-state index contributed by atoms with van der Waals surface area (Å²) in [4.78, 5) is 0. The fraction of sp³-hybridized carbons (Fsp3) is 0.318. The van der Waals surface area contributed by atoms with E-state index < -0.39 is 0 Å². The van der Waals surface area contributed by atoms with E-state index in [-0.39, 0.29) is 0 Å². The molecule has 6 heteroatoms. The lowest BCUT2D eigenvalue weighted by atomic mass is 10.1. The fourth-order valence-electron chi connectivity index (χ4n) is 3.54. The number of H-pyrrole nitrogens is 1. The summed E-state index contributed by atoms with van der Waals surface area (Å²) in [6, 6.07) is 12.0. The second-order valence-corrected chi connectivity index (χ2v) is 6.51. The normalized spacial score (nSPS) is 11.7. The molecule has 0 fully saturated rings. The van der Waals surface area contributed by atoms with Gasteiger partial charge < -0.3 is 19.5 Å². The van der Waals surface area contributed by atoms with E-state index in [1.54, 1.807) is 0 Å². The summed E-state index contributed by atoms with van der Waals surface area (Å²) in [5.41, 5.74) is 5.45. The average molecular weight is 379 g/mol. The highest BCUT2D eigenvalue weighted by Crippen LogP contribution is 2.44. The monoisotopic (exact) mass is 379 g/mol. The van der Waals surface area contributed by atoms with Crippen molar-refractivity contribution in [2.24, 2.45) is 0 Å². The average Bonchev–Trinajstić information content (AvgIpc) is 3.23. The summed E-state index contributed by atoms with van der Waals surface area (Å²) in [5.74, 6) is 3.23. The second-order valence-electron chi connectivity index (χ2n) is 6.51. The summed E-state index contributed by atoms with van der Waals surface area (Å²) in [6.45, 7) is 7.77. The van der Waals surface area contributed by atoms with E-state index in [0.717, 1.165) is 52.0 Å². The number of ether oxygens (including phenoxy) is 3. The van der Waals surface area contributed by atoms with E-state index in [1.807, 2.05) is 51.1 Å². The maximum absolute atomic E-state index is 5.78. The molecule has 28 heavy (non-hydrogen) atoms. The molecule has 0 saturated heterocycles. The lowest BCUT2D eigenvalue weighted by molar-refractivity contribution is 0.287. The molecule has 2 aromatic carbocycles. The van der Waals surface area contributed by atoms with Crippen LogP contribution in [0.15, 0.2) is 36.4 Å². The largest absolute Gasteiger partial charge is 0.494 e. The van der Waals surface area contributed by atoms with Gasteiger partial charge >= 0.3 is 0 Å². The van der Waals surface area contributed by atoms with Gasteiger partial charge in [0.1, 0.15) is 5.75 Å². The Balaban J connectivity index is 1.64. The smallest absolute Gasteiger partial charge is 0.161 e. The zero-order valence-corrected chi connectivity index (χ0v) is 16.5. The Morgan fingerprint density at radius 2 is 1.71 bits per heavy atom. The SMILES string of the molecule is CCOc1cccc(Nc2n[nH]c3c2Cc2cc(OCC)c(OCC)cc2-3)c1. The second kappa shape index (κ2) is 7.84. The molecular weight excluding hydrogens is 354 g/mol. The highest BCUT2D eigenvalue weighted by Gasteiger charge is 2.27. The van der Waals surface area contributed by atoms with Gasteiger partial charge in [-0.2, -0.15) is 5.10 Å². The number of hydrogen-bond acceptors (Lipinski definition) is 5. The molecule has 146 valence electrons. The number of hydrogen-bond donors (Lipinski definition) is 2. The van der Waals surface area contributed by atoms with Crippen LogP contribution in [0.3, 0.4) is 0 Å². The zero-order valence-electron chi connectivity index (χ0n) is 16.5. The molecule has 0 aliphatic heterocycles. The van der Waals surface area contributed by atoms with Crippen molar-refractivity contribution in [3.8, 4) is 28.5 Å². The van der Waals surface area contributed by atoms with Gasteiger partial charge in [-0.25, -0.2) is 0 Å². The van der Waals surface area contributed by atoms with Crippen molar-refractivity contribution in [3.05, 3.63) is 47.5 Å². The molecule has 0 bridgehead atoms. The van der Waals surface area contributed by atoms with E-state index in [9.17, 15) is 0 Å². The lowest BCUT2D eigenvalue weighted by Gasteiger charge is -2.13. The Morgan fingerprint density at radius 3 is 2.46 bits per heavy atom. The minimum Gasteiger partial charge on any atom is -0.494 e. The molecule has 1 aliphatic rings. The van der Waals surface area contributed by atoms with Crippen LogP contribution in [0.5, 0.6) is 17.2 Å². The lowest BCUT2D eigenvalue weighted by Crippen LogP contribution is -2.00. The van der Waals surface area contributed by atoms with Gasteiger partial charge in [-0.05, 0) is 50.6 Å². The van der Waals surface area contributed by atoms with Gasteiger partial charge in [0, 0.05) is 29.3 Å². The summed E-state index contributed by atoms with van der Waals surface area (Å²) in [6.07, 6.45) is 0.793. The van der Waals surface area contributed by atoms with Gasteiger partial charge in [-0.1, -0.05) is 6.07 Å². The number of nitrogens with one attached hydrogen (secondary N) is 2. The van der Waals surface area contributed by atoms with Crippen LogP contribution in [0.25, 0.3) is 11.3 Å². The Labute approximate surface area is 164 Å². The molecule has 0 radical (unpaired) electrons. The van der Waals surface area contributed by atoms with Crippen LogP contribution in [0.4, 0.5) is 11.5 Å². The van der Waals surface area contributed by atoms with Crippen molar-refractivity contribution in [2.45, 2.75) is 27.2 Å². The van der Waals surface area contributed by atoms with Crippen molar-refractivity contribution in [1.29, 1.82) is 0 Å². The molecule has 4 rings (SSSR count). The van der Waals surface area contributed by atoms with Crippen LogP contribution in [-0.2, 0) is 6.42 Å². The number of fused-ring (bicyclic) bond motifs is 3. The number of nitrogens with zero attached hydrogens (tertiary/aromatic N) is 1. The summed E-state index contributed by atoms with van der Waals surface area (Å²) < 4.78 is 17.1. The number of benzene rings is 2. The van der Waals surface area contributed by atoms with Crippen molar-refractivity contribution in [2.75, 3.05) is 25.1 Å². The van der Waals surface area contributed by atoms with Crippen LogP contribution < -0.4 is 19.5 Å². The molecule has 0 saturated carbocycles. The van der Waals surface area contributed by atoms with Crippen LogP contribution >= 0.6 is 0 Å². The Kier molecular flexibility index (Phi) is 5.10. The number of rotatable bonds is 8. The van der Waals surface area contributed by atoms with Gasteiger partial charge in [0.25, 0.3) is 0 Å². The topological polar surface area (TPSA) is 68.4 Å². The van der Waals surface area contributed by atoms with Crippen LogP contribution in [0.2, 0.25) is 0 Å².